The molecule has 1 aliphatic rings. The summed E-state index contributed by atoms with van der Waals surface area (Å²) in [5.41, 5.74) is 2.39. The topological polar surface area (TPSA) is 58.6 Å². The quantitative estimate of drug-likeness (QED) is 0.334. The highest BCUT2D eigenvalue weighted by Gasteiger charge is 2.31. The van der Waals surface area contributed by atoms with E-state index in [9.17, 15) is 9.59 Å². The number of ether oxygens (including phenoxy) is 1. The number of nitrogens with one attached hydrogen (secondary N) is 1. The fourth-order valence-corrected chi connectivity index (χ4v) is 4.55. The Kier molecular flexibility index (Phi) is 7.44. The highest BCUT2D eigenvalue weighted by atomic mass is 35.5. The first-order valence-corrected chi connectivity index (χ1v) is 11.7. The average molecular weight is 495 g/mol. The maximum Gasteiger partial charge on any atom is 0.266 e. The average Bonchev–Trinajstić information content (AvgIpc) is 3.08. The number of nitrogens with zero attached hydrogens (tertiary/aromatic N) is 1. The SMILES string of the molecule is O=C(COc1ccc(/C=C2\SC(=S)N(Cc3ccccc3)C2=O)cc1)Nc1ccccc1Cl. The van der Waals surface area contributed by atoms with Crippen LogP contribution in [0, 0.1) is 0 Å². The number of rotatable bonds is 7. The number of amides is 2. The van der Waals surface area contributed by atoms with E-state index in [1.807, 2.05) is 42.5 Å². The van der Waals surface area contributed by atoms with Crippen LogP contribution in [0.15, 0.2) is 83.8 Å². The number of carbonyl (C=O) groups is 2. The Morgan fingerprint density at radius 3 is 2.45 bits per heavy atom. The van der Waals surface area contributed by atoms with Gasteiger partial charge in [-0.3, -0.25) is 14.5 Å². The van der Waals surface area contributed by atoms with Crippen molar-refractivity contribution in [3.8, 4) is 5.75 Å². The van der Waals surface area contributed by atoms with Gasteiger partial charge in [0, 0.05) is 0 Å². The van der Waals surface area contributed by atoms with Gasteiger partial charge in [-0.15, -0.1) is 0 Å². The molecule has 0 bridgehead atoms. The lowest BCUT2D eigenvalue weighted by atomic mass is 10.2. The van der Waals surface area contributed by atoms with Crippen molar-refractivity contribution >= 4 is 63.5 Å². The normalized spacial score (nSPS) is 14.6. The van der Waals surface area contributed by atoms with E-state index >= 15 is 0 Å². The minimum Gasteiger partial charge on any atom is -0.484 e. The second kappa shape index (κ2) is 10.7. The van der Waals surface area contributed by atoms with E-state index < -0.39 is 0 Å². The number of hydrogen-bond donors (Lipinski definition) is 1. The van der Waals surface area contributed by atoms with Crippen molar-refractivity contribution in [2.45, 2.75) is 6.54 Å². The van der Waals surface area contributed by atoms with Crippen LogP contribution < -0.4 is 10.1 Å². The highest BCUT2D eigenvalue weighted by molar-refractivity contribution is 8.26. The molecule has 3 aromatic carbocycles. The Balaban J connectivity index is 1.34. The first-order chi connectivity index (χ1) is 16.0. The Bertz CT molecular complexity index is 1210. The molecule has 0 saturated carbocycles. The molecule has 1 saturated heterocycles. The fourth-order valence-electron chi connectivity index (χ4n) is 3.11. The van der Waals surface area contributed by atoms with Gasteiger partial charge in [-0.1, -0.05) is 90.2 Å². The van der Waals surface area contributed by atoms with Crippen molar-refractivity contribution in [2.24, 2.45) is 0 Å². The zero-order valence-corrected chi connectivity index (χ0v) is 19.8. The maximum atomic E-state index is 12.8. The van der Waals surface area contributed by atoms with Gasteiger partial charge in [0.2, 0.25) is 0 Å². The largest absolute Gasteiger partial charge is 0.484 e. The maximum absolute atomic E-state index is 12.8. The van der Waals surface area contributed by atoms with Crippen molar-refractivity contribution in [2.75, 3.05) is 11.9 Å². The Morgan fingerprint density at radius 2 is 1.73 bits per heavy atom. The first kappa shape index (κ1) is 23.0. The van der Waals surface area contributed by atoms with Crippen LogP contribution in [0.2, 0.25) is 5.02 Å². The predicted octanol–water partition coefficient (Wildman–Crippen LogP) is 5.76. The minimum atomic E-state index is -0.311. The molecule has 166 valence electrons. The molecule has 0 spiro atoms. The van der Waals surface area contributed by atoms with E-state index in [0.29, 0.717) is 32.2 Å². The summed E-state index contributed by atoms with van der Waals surface area (Å²) in [6, 6.07) is 23.9. The Morgan fingerprint density at radius 1 is 1.03 bits per heavy atom. The number of halogens is 1. The van der Waals surface area contributed by atoms with Crippen molar-refractivity contribution in [1.29, 1.82) is 0 Å². The van der Waals surface area contributed by atoms with Gasteiger partial charge in [0.1, 0.15) is 10.1 Å². The molecule has 0 unspecified atom stereocenters. The van der Waals surface area contributed by atoms with Crippen LogP contribution in [-0.2, 0) is 16.1 Å². The van der Waals surface area contributed by atoms with Crippen molar-refractivity contribution < 1.29 is 14.3 Å². The monoisotopic (exact) mass is 494 g/mol. The van der Waals surface area contributed by atoms with Crippen LogP contribution in [0.25, 0.3) is 6.08 Å². The molecule has 1 aliphatic heterocycles. The zero-order chi connectivity index (χ0) is 23.2. The first-order valence-electron chi connectivity index (χ1n) is 10.1. The third kappa shape index (κ3) is 6.01. The number of thioether (sulfide) groups is 1. The van der Waals surface area contributed by atoms with E-state index in [1.165, 1.54) is 11.8 Å². The summed E-state index contributed by atoms with van der Waals surface area (Å²) >= 11 is 12.7. The number of carbonyl (C=O) groups excluding carboxylic acids is 2. The van der Waals surface area contributed by atoms with Crippen molar-refractivity contribution in [3.63, 3.8) is 0 Å². The molecular weight excluding hydrogens is 476 g/mol. The molecule has 5 nitrogen and oxygen atoms in total. The molecule has 4 rings (SSSR count). The fraction of sp³-hybridized carbons (Fsp3) is 0.0800. The second-order valence-corrected chi connectivity index (χ2v) is 9.22. The van der Waals surface area contributed by atoms with Gasteiger partial charge >= 0.3 is 0 Å². The van der Waals surface area contributed by atoms with Gasteiger partial charge in [-0.05, 0) is 41.5 Å². The Hall–Kier alpha value is -3.13. The van der Waals surface area contributed by atoms with Gasteiger partial charge < -0.3 is 10.1 Å². The lowest BCUT2D eigenvalue weighted by Crippen LogP contribution is -2.27. The van der Waals surface area contributed by atoms with Crippen LogP contribution in [0.5, 0.6) is 5.75 Å². The number of para-hydroxylation sites is 1. The summed E-state index contributed by atoms with van der Waals surface area (Å²) in [5.74, 6) is 0.123. The molecule has 33 heavy (non-hydrogen) atoms. The molecule has 0 aliphatic carbocycles. The molecular formula is C25H19ClN2O3S2. The van der Waals surface area contributed by atoms with Gasteiger partial charge in [0.05, 0.1) is 22.2 Å². The van der Waals surface area contributed by atoms with E-state index in [2.05, 4.69) is 5.32 Å². The molecule has 2 amide bonds. The van der Waals surface area contributed by atoms with Gasteiger partial charge in [-0.2, -0.15) is 0 Å². The van der Waals surface area contributed by atoms with Gasteiger partial charge in [0.15, 0.2) is 6.61 Å². The standard InChI is InChI=1S/C25H19ClN2O3S2/c26-20-8-4-5-9-21(20)27-23(29)16-31-19-12-10-17(11-13-19)14-22-24(30)28(25(32)33-22)15-18-6-2-1-3-7-18/h1-14H,15-16H2,(H,27,29)/b22-14-. The number of anilines is 1. The number of thiocarbonyl (C=S) groups is 1. The third-order valence-corrected chi connectivity index (χ3v) is 6.46. The second-order valence-electron chi connectivity index (χ2n) is 7.14. The zero-order valence-electron chi connectivity index (χ0n) is 17.4. The Labute approximate surface area is 206 Å². The lowest BCUT2D eigenvalue weighted by Gasteiger charge is -2.14. The van der Waals surface area contributed by atoms with Crippen LogP contribution in [0.1, 0.15) is 11.1 Å². The summed E-state index contributed by atoms with van der Waals surface area (Å²) in [4.78, 5) is 27.1. The summed E-state index contributed by atoms with van der Waals surface area (Å²) < 4.78 is 6.09. The molecule has 1 fully saturated rings. The highest BCUT2D eigenvalue weighted by Crippen LogP contribution is 2.33. The molecule has 8 heteroatoms. The van der Waals surface area contributed by atoms with Crippen LogP contribution in [0.4, 0.5) is 5.69 Å². The molecule has 3 aromatic rings. The summed E-state index contributed by atoms with van der Waals surface area (Å²) in [7, 11) is 0. The summed E-state index contributed by atoms with van der Waals surface area (Å²) in [6.07, 6.45) is 1.80. The van der Waals surface area contributed by atoms with Crippen LogP contribution in [-0.4, -0.2) is 27.6 Å². The number of hydrogen-bond acceptors (Lipinski definition) is 5. The summed E-state index contributed by atoms with van der Waals surface area (Å²) in [5, 5.41) is 3.17. The van der Waals surface area contributed by atoms with Crippen molar-refractivity contribution in [1.82, 2.24) is 4.90 Å². The molecule has 1 N–H and O–H groups in total. The minimum absolute atomic E-state index is 0.106. The smallest absolute Gasteiger partial charge is 0.266 e. The van der Waals surface area contributed by atoms with Crippen LogP contribution >= 0.6 is 35.6 Å². The molecule has 1 heterocycles. The van der Waals surface area contributed by atoms with Crippen LogP contribution in [0.3, 0.4) is 0 Å². The van der Waals surface area contributed by atoms with E-state index in [-0.39, 0.29) is 18.4 Å². The lowest BCUT2D eigenvalue weighted by molar-refractivity contribution is -0.122. The van der Waals surface area contributed by atoms with Gasteiger partial charge in [0.25, 0.3) is 11.8 Å². The predicted molar refractivity (Wildman–Crippen MR) is 137 cm³/mol. The van der Waals surface area contributed by atoms with E-state index in [0.717, 1.165) is 11.1 Å². The van der Waals surface area contributed by atoms with E-state index in [1.54, 1.807) is 47.4 Å². The van der Waals surface area contributed by atoms with Crippen molar-refractivity contribution in [3.05, 3.63) is 99.9 Å². The molecule has 0 radical (unpaired) electrons. The number of benzene rings is 3. The third-order valence-electron chi connectivity index (χ3n) is 4.75. The van der Waals surface area contributed by atoms with E-state index in [4.69, 9.17) is 28.6 Å². The van der Waals surface area contributed by atoms with Gasteiger partial charge in [-0.25, -0.2) is 0 Å². The molecule has 0 atom stereocenters. The molecule has 0 aromatic heterocycles. The summed E-state index contributed by atoms with van der Waals surface area (Å²) in [6.45, 7) is 0.300.